The fourth-order valence-corrected chi connectivity index (χ4v) is 5.41. The van der Waals surface area contributed by atoms with E-state index in [1.807, 2.05) is 48.5 Å². The number of amides is 2. The summed E-state index contributed by atoms with van der Waals surface area (Å²) in [6, 6.07) is 19.4. The van der Waals surface area contributed by atoms with Crippen LogP contribution in [0.2, 0.25) is 0 Å². The third-order valence-electron chi connectivity index (χ3n) is 7.66. The standard InChI is InChI=1S/C35H37F3N4O5/c1-22(2)15-26(32(44)35(36,37)38)17-31(43)29(18-27-19-39-21-40-27)41-33(45)30(42-34(46)47-20-23-9-4-3-5-10-23)16-25-13-8-12-24-11-6-7-14-28(24)25/h3-14,19,21-22,26,29-30H,15-18,20H2,1-2H3,(H,39,40)(H,41,45)(H,42,46). The highest BCUT2D eigenvalue weighted by atomic mass is 19.4. The first kappa shape index (κ1) is 34.9. The van der Waals surface area contributed by atoms with E-state index >= 15 is 0 Å². The molecule has 248 valence electrons. The number of carbonyl (C=O) groups is 4. The zero-order valence-electron chi connectivity index (χ0n) is 26.1. The van der Waals surface area contributed by atoms with Crippen molar-refractivity contribution >= 4 is 34.3 Å². The van der Waals surface area contributed by atoms with E-state index in [1.165, 1.54) is 12.5 Å². The monoisotopic (exact) mass is 650 g/mol. The van der Waals surface area contributed by atoms with Crippen molar-refractivity contribution in [1.29, 1.82) is 0 Å². The Morgan fingerprint density at radius 1 is 0.872 bits per heavy atom. The quantitative estimate of drug-likeness (QED) is 0.147. The number of fused-ring (bicyclic) bond motifs is 1. The van der Waals surface area contributed by atoms with Crippen molar-refractivity contribution in [1.82, 2.24) is 20.6 Å². The minimum absolute atomic E-state index is 0.0150. The van der Waals surface area contributed by atoms with Crippen LogP contribution in [0, 0.1) is 11.8 Å². The predicted molar refractivity (Wildman–Crippen MR) is 169 cm³/mol. The Kier molecular flexibility index (Phi) is 11.9. The van der Waals surface area contributed by atoms with Crippen LogP contribution in [0.25, 0.3) is 10.8 Å². The number of hydrogen-bond acceptors (Lipinski definition) is 6. The van der Waals surface area contributed by atoms with Gasteiger partial charge in [-0.2, -0.15) is 13.2 Å². The summed E-state index contributed by atoms with van der Waals surface area (Å²) in [7, 11) is 0. The fraction of sp³-hybridized carbons (Fsp3) is 0.343. The number of H-pyrrole nitrogens is 1. The van der Waals surface area contributed by atoms with E-state index in [1.54, 1.807) is 38.1 Å². The van der Waals surface area contributed by atoms with Crippen molar-refractivity contribution in [2.75, 3.05) is 0 Å². The van der Waals surface area contributed by atoms with Crippen molar-refractivity contribution in [3.8, 4) is 0 Å². The molecule has 12 heteroatoms. The van der Waals surface area contributed by atoms with Gasteiger partial charge in [0.05, 0.1) is 12.4 Å². The Morgan fingerprint density at radius 3 is 2.26 bits per heavy atom. The Hall–Kier alpha value is -5.00. The molecule has 1 aromatic heterocycles. The summed E-state index contributed by atoms with van der Waals surface area (Å²) in [6.07, 6.45) is -4.20. The average Bonchev–Trinajstić information content (AvgIpc) is 3.55. The topological polar surface area (TPSA) is 130 Å². The molecule has 3 atom stereocenters. The molecular formula is C35H37F3N4O5. The summed E-state index contributed by atoms with van der Waals surface area (Å²) >= 11 is 0. The SMILES string of the molecule is CC(C)CC(CC(=O)C(Cc1cnc[nH]1)NC(=O)C(Cc1cccc2ccccc12)NC(=O)OCc1ccccc1)C(=O)C(F)(F)F. The normalized spacial score (nSPS) is 13.5. The first-order valence-corrected chi connectivity index (χ1v) is 15.3. The van der Waals surface area contributed by atoms with Gasteiger partial charge in [-0.05, 0) is 34.2 Å². The molecule has 3 N–H and O–H groups in total. The number of aromatic amines is 1. The third-order valence-corrected chi connectivity index (χ3v) is 7.66. The molecule has 47 heavy (non-hydrogen) atoms. The highest BCUT2D eigenvalue weighted by Crippen LogP contribution is 2.28. The van der Waals surface area contributed by atoms with E-state index < -0.39 is 54.2 Å². The molecule has 0 fully saturated rings. The van der Waals surface area contributed by atoms with Crippen LogP contribution in [0.3, 0.4) is 0 Å². The minimum Gasteiger partial charge on any atom is -0.445 e. The number of rotatable bonds is 15. The van der Waals surface area contributed by atoms with Gasteiger partial charge in [-0.15, -0.1) is 0 Å². The molecule has 4 aromatic rings. The molecular weight excluding hydrogens is 613 g/mol. The van der Waals surface area contributed by atoms with Crippen LogP contribution in [-0.2, 0) is 38.6 Å². The van der Waals surface area contributed by atoms with Gasteiger partial charge in [0.25, 0.3) is 0 Å². The van der Waals surface area contributed by atoms with Gasteiger partial charge in [-0.25, -0.2) is 9.78 Å². The number of ether oxygens (including phenoxy) is 1. The van der Waals surface area contributed by atoms with E-state index in [2.05, 4.69) is 20.6 Å². The average molecular weight is 651 g/mol. The van der Waals surface area contributed by atoms with Gasteiger partial charge in [-0.3, -0.25) is 14.4 Å². The maximum atomic E-state index is 13.9. The molecule has 0 aliphatic carbocycles. The van der Waals surface area contributed by atoms with Crippen LogP contribution in [0.5, 0.6) is 0 Å². The van der Waals surface area contributed by atoms with Gasteiger partial charge in [0.15, 0.2) is 5.78 Å². The van der Waals surface area contributed by atoms with Crippen molar-refractivity contribution in [3.63, 3.8) is 0 Å². The highest BCUT2D eigenvalue weighted by Gasteiger charge is 2.44. The number of nitrogens with zero attached hydrogens (tertiary/aromatic N) is 1. The highest BCUT2D eigenvalue weighted by molar-refractivity contribution is 5.96. The summed E-state index contributed by atoms with van der Waals surface area (Å²) in [4.78, 5) is 59.4. The Morgan fingerprint density at radius 2 is 1.57 bits per heavy atom. The number of aromatic nitrogens is 2. The summed E-state index contributed by atoms with van der Waals surface area (Å²) in [5.41, 5.74) is 1.90. The molecule has 0 radical (unpaired) electrons. The molecule has 0 spiro atoms. The van der Waals surface area contributed by atoms with Crippen LogP contribution < -0.4 is 10.6 Å². The number of carbonyl (C=O) groups excluding carboxylic acids is 4. The van der Waals surface area contributed by atoms with Crippen molar-refractivity contribution in [2.24, 2.45) is 11.8 Å². The molecule has 3 unspecified atom stereocenters. The van der Waals surface area contributed by atoms with Gasteiger partial charge in [-0.1, -0.05) is 86.6 Å². The van der Waals surface area contributed by atoms with Gasteiger partial charge < -0.3 is 20.4 Å². The first-order chi connectivity index (χ1) is 22.4. The Bertz CT molecular complexity index is 1650. The molecule has 0 bridgehead atoms. The lowest BCUT2D eigenvalue weighted by Gasteiger charge is -2.25. The molecule has 9 nitrogen and oxygen atoms in total. The maximum absolute atomic E-state index is 13.9. The summed E-state index contributed by atoms with van der Waals surface area (Å²) in [5.74, 6) is -5.40. The number of halogens is 3. The van der Waals surface area contributed by atoms with Gasteiger partial charge in [0, 0.05) is 37.1 Å². The maximum Gasteiger partial charge on any atom is 0.450 e. The molecule has 0 aliphatic heterocycles. The first-order valence-electron chi connectivity index (χ1n) is 15.3. The summed E-state index contributed by atoms with van der Waals surface area (Å²) in [6.45, 7) is 3.26. The number of alkyl halides is 3. The number of ketones is 2. The Labute approximate surface area is 270 Å². The number of benzene rings is 3. The predicted octanol–water partition coefficient (Wildman–Crippen LogP) is 5.88. The number of Topliss-reactive ketones (excluding diaryl/α,β-unsaturated/α-hetero) is 2. The van der Waals surface area contributed by atoms with Crippen LogP contribution in [0.4, 0.5) is 18.0 Å². The second-order valence-corrected chi connectivity index (χ2v) is 11.8. The number of hydrogen-bond donors (Lipinski definition) is 3. The molecule has 3 aromatic carbocycles. The molecule has 1 heterocycles. The summed E-state index contributed by atoms with van der Waals surface area (Å²) in [5, 5.41) is 7.00. The molecule has 2 amide bonds. The van der Waals surface area contributed by atoms with Crippen molar-refractivity contribution in [2.45, 2.75) is 64.4 Å². The lowest BCUT2D eigenvalue weighted by atomic mass is 9.86. The molecule has 0 saturated heterocycles. The lowest BCUT2D eigenvalue weighted by Crippen LogP contribution is -2.53. The van der Waals surface area contributed by atoms with Gasteiger partial charge in [0.1, 0.15) is 12.6 Å². The lowest BCUT2D eigenvalue weighted by molar-refractivity contribution is -0.176. The zero-order valence-corrected chi connectivity index (χ0v) is 26.1. The second-order valence-electron chi connectivity index (χ2n) is 11.8. The van der Waals surface area contributed by atoms with Crippen LogP contribution in [0.15, 0.2) is 85.3 Å². The minimum atomic E-state index is -5.12. The third kappa shape index (κ3) is 10.2. The van der Waals surface area contributed by atoms with E-state index in [9.17, 15) is 32.3 Å². The van der Waals surface area contributed by atoms with E-state index in [0.29, 0.717) is 5.69 Å². The molecule has 4 rings (SSSR count). The smallest absolute Gasteiger partial charge is 0.445 e. The second kappa shape index (κ2) is 16.0. The van der Waals surface area contributed by atoms with Crippen LogP contribution in [-0.4, -0.2) is 51.8 Å². The largest absolute Gasteiger partial charge is 0.450 e. The van der Waals surface area contributed by atoms with Gasteiger partial charge in [0.2, 0.25) is 11.7 Å². The zero-order chi connectivity index (χ0) is 34.0. The number of alkyl carbamates (subject to hydrolysis) is 1. The van der Waals surface area contributed by atoms with E-state index in [-0.39, 0.29) is 31.8 Å². The molecule has 0 aliphatic rings. The number of nitrogens with one attached hydrogen (secondary N) is 3. The summed E-state index contributed by atoms with van der Waals surface area (Å²) < 4.78 is 45.7. The number of imidazole rings is 1. The molecule has 0 saturated carbocycles. The fourth-order valence-electron chi connectivity index (χ4n) is 5.41. The van der Waals surface area contributed by atoms with Crippen molar-refractivity contribution in [3.05, 3.63) is 102 Å². The van der Waals surface area contributed by atoms with Crippen molar-refractivity contribution < 1.29 is 37.1 Å². The van der Waals surface area contributed by atoms with E-state index in [4.69, 9.17) is 4.74 Å². The van der Waals surface area contributed by atoms with E-state index in [0.717, 1.165) is 21.9 Å². The van der Waals surface area contributed by atoms with Gasteiger partial charge >= 0.3 is 12.3 Å². The van der Waals surface area contributed by atoms with Crippen LogP contribution >= 0.6 is 0 Å². The van der Waals surface area contributed by atoms with Crippen LogP contribution in [0.1, 0.15) is 43.5 Å². The Balaban J connectivity index is 1.59.